The molecule has 0 fully saturated rings. The van der Waals surface area contributed by atoms with Crippen LogP contribution in [0.25, 0.3) is 11.0 Å². The van der Waals surface area contributed by atoms with Crippen molar-refractivity contribution in [3.05, 3.63) is 35.0 Å². The van der Waals surface area contributed by atoms with Crippen molar-refractivity contribution in [2.75, 3.05) is 0 Å². The Kier molecular flexibility index (Phi) is 1.99. The third-order valence-electron chi connectivity index (χ3n) is 1.92. The van der Waals surface area contributed by atoms with Crippen molar-refractivity contribution >= 4 is 11.0 Å². The van der Waals surface area contributed by atoms with Crippen LogP contribution in [0.15, 0.2) is 18.2 Å². The van der Waals surface area contributed by atoms with E-state index in [2.05, 4.69) is 10.1 Å². The van der Waals surface area contributed by atoms with Crippen molar-refractivity contribution in [2.45, 2.75) is 13.3 Å². The lowest BCUT2D eigenvalue weighted by atomic mass is 10.3. The van der Waals surface area contributed by atoms with Crippen LogP contribution in [0.3, 0.4) is 0 Å². The minimum atomic E-state index is -0.404. The quantitative estimate of drug-likeness (QED) is 0.500. The summed E-state index contributed by atoms with van der Waals surface area (Å²) in [5.74, 6) is 0.0105. The van der Waals surface area contributed by atoms with Gasteiger partial charge in [0.15, 0.2) is 5.82 Å². The zero-order valence-corrected chi connectivity index (χ0v) is 7.57. The van der Waals surface area contributed by atoms with Crippen LogP contribution >= 0.6 is 0 Å². The molecule has 0 spiro atoms. The van der Waals surface area contributed by atoms with Gasteiger partial charge in [-0.3, -0.25) is 0 Å². The Hall–Kier alpha value is -1.78. The second-order valence-corrected chi connectivity index (χ2v) is 2.89. The number of aromatic nitrogens is 3. The number of nitrogens with zero attached hydrogens (tertiary/aromatic N) is 3. The van der Waals surface area contributed by atoms with Gasteiger partial charge < -0.3 is 5.21 Å². The molecule has 2 aromatic rings. The molecule has 1 aromatic heterocycles. The molecule has 2 rings (SSSR count). The number of benzene rings is 1. The Labute approximate surface area is 79.6 Å². The highest BCUT2D eigenvalue weighted by molar-refractivity contribution is 5.70. The summed E-state index contributed by atoms with van der Waals surface area (Å²) in [4.78, 5) is 4.52. The molecule has 0 saturated carbocycles. The fourth-order valence-electron chi connectivity index (χ4n) is 1.22. The molecule has 72 valence electrons. The van der Waals surface area contributed by atoms with Crippen molar-refractivity contribution in [3.8, 4) is 0 Å². The maximum absolute atomic E-state index is 12.8. The highest BCUT2D eigenvalue weighted by atomic mass is 19.1. The maximum atomic E-state index is 12.8. The van der Waals surface area contributed by atoms with Gasteiger partial charge in [-0.05, 0) is 10.9 Å². The van der Waals surface area contributed by atoms with E-state index in [4.69, 9.17) is 0 Å². The van der Waals surface area contributed by atoms with Crippen LogP contribution in [0.4, 0.5) is 4.39 Å². The van der Waals surface area contributed by atoms with E-state index in [9.17, 15) is 9.60 Å². The Morgan fingerprint density at radius 3 is 3.00 bits per heavy atom. The average molecular weight is 193 g/mol. The minimum Gasteiger partial charge on any atom is -0.594 e. The summed E-state index contributed by atoms with van der Waals surface area (Å²) in [6.45, 7) is 1.83. The summed E-state index contributed by atoms with van der Waals surface area (Å²) in [6.07, 6.45) is 0.550. The molecule has 1 aromatic carbocycles. The fourth-order valence-corrected chi connectivity index (χ4v) is 1.22. The van der Waals surface area contributed by atoms with Gasteiger partial charge >= 0.3 is 0 Å². The van der Waals surface area contributed by atoms with Gasteiger partial charge in [-0.25, -0.2) is 9.37 Å². The summed E-state index contributed by atoms with van der Waals surface area (Å²) >= 11 is 0. The lowest BCUT2D eigenvalue weighted by molar-refractivity contribution is -0.644. The van der Waals surface area contributed by atoms with Crippen molar-refractivity contribution < 1.29 is 9.24 Å². The zero-order valence-electron chi connectivity index (χ0n) is 7.57. The van der Waals surface area contributed by atoms with E-state index in [1.807, 2.05) is 6.92 Å². The molecule has 0 saturated heterocycles. The zero-order chi connectivity index (χ0) is 10.1. The number of hydrogen-bond donors (Lipinski definition) is 0. The van der Waals surface area contributed by atoms with Crippen LogP contribution in [0.5, 0.6) is 0 Å². The van der Waals surface area contributed by atoms with Crippen LogP contribution in [0.1, 0.15) is 12.7 Å². The molecule has 1 heterocycles. The molecule has 4 nitrogen and oxygen atoms in total. The first-order chi connectivity index (χ1) is 6.70. The highest BCUT2D eigenvalue weighted by Crippen LogP contribution is 2.08. The molecule has 0 unspecified atom stereocenters. The second-order valence-electron chi connectivity index (χ2n) is 2.89. The summed E-state index contributed by atoms with van der Waals surface area (Å²) in [7, 11) is 0. The first-order valence-corrected chi connectivity index (χ1v) is 4.26. The van der Waals surface area contributed by atoms with E-state index in [-0.39, 0.29) is 5.52 Å². The van der Waals surface area contributed by atoms with Crippen molar-refractivity contribution in [1.82, 2.24) is 10.1 Å². The van der Waals surface area contributed by atoms with Crippen LogP contribution in [-0.2, 0) is 6.42 Å². The first kappa shape index (κ1) is 8.80. The van der Waals surface area contributed by atoms with Gasteiger partial charge in [0, 0.05) is 23.7 Å². The van der Waals surface area contributed by atoms with Crippen molar-refractivity contribution in [1.29, 1.82) is 0 Å². The monoisotopic (exact) mass is 193 g/mol. The van der Waals surface area contributed by atoms with Gasteiger partial charge in [0.2, 0.25) is 0 Å². The van der Waals surface area contributed by atoms with Gasteiger partial charge in [-0.2, -0.15) is 0 Å². The molecule has 0 aliphatic heterocycles. The van der Waals surface area contributed by atoms with Crippen LogP contribution in [0.2, 0.25) is 0 Å². The molecule has 0 N–H and O–H groups in total. The Balaban J connectivity index is 2.77. The molecular weight excluding hydrogens is 185 g/mol. The predicted octanol–water partition coefficient (Wildman–Crippen LogP) is 0.965. The lowest BCUT2D eigenvalue weighted by Gasteiger charge is -2.00. The number of aryl methyl sites for hydroxylation is 1. The number of rotatable bonds is 1. The lowest BCUT2D eigenvalue weighted by Crippen LogP contribution is -2.33. The third kappa shape index (κ3) is 1.37. The summed E-state index contributed by atoms with van der Waals surface area (Å²) in [5, 5.41) is 15.0. The van der Waals surface area contributed by atoms with E-state index in [0.29, 0.717) is 22.6 Å². The van der Waals surface area contributed by atoms with Gasteiger partial charge in [-0.1, -0.05) is 6.92 Å². The van der Waals surface area contributed by atoms with Gasteiger partial charge in [0.25, 0.3) is 5.52 Å². The highest BCUT2D eigenvalue weighted by Gasteiger charge is 2.09. The Morgan fingerprint density at radius 1 is 1.50 bits per heavy atom. The van der Waals surface area contributed by atoms with Gasteiger partial charge in [-0.15, -0.1) is 0 Å². The van der Waals surface area contributed by atoms with Crippen molar-refractivity contribution in [2.24, 2.45) is 0 Å². The normalized spacial score (nSPS) is 10.7. The second kappa shape index (κ2) is 3.17. The predicted molar refractivity (Wildman–Crippen MR) is 47.8 cm³/mol. The standard InChI is InChI=1S/C9H8FN3O/c1-2-9-11-7-5-6(10)3-4-8(7)13(14)12-9/h3-5H,2H2,1H3. The molecule has 0 amide bonds. The average Bonchev–Trinajstić information content (AvgIpc) is 2.16. The molecule has 0 radical (unpaired) electrons. The Morgan fingerprint density at radius 2 is 2.29 bits per heavy atom. The van der Waals surface area contributed by atoms with E-state index in [0.717, 1.165) is 0 Å². The van der Waals surface area contributed by atoms with Gasteiger partial charge in [0.05, 0.1) is 0 Å². The molecule has 0 atom stereocenters. The third-order valence-corrected chi connectivity index (χ3v) is 1.92. The summed E-state index contributed by atoms with van der Waals surface area (Å²) in [6, 6.07) is 3.81. The van der Waals surface area contributed by atoms with Crippen LogP contribution in [-0.4, -0.2) is 10.1 Å². The smallest absolute Gasteiger partial charge is 0.270 e. The topological polar surface area (TPSA) is 52.7 Å². The van der Waals surface area contributed by atoms with Crippen LogP contribution in [0, 0.1) is 11.0 Å². The first-order valence-electron chi connectivity index (χ1n) is 4.26. The van der Waals surface area contributed by atoms with E-state index in [1.165, 1.54) is 18.2 Å². The summed E-state index contributed by atoms with van der Waals surface area (Å²) < 4.78 is 12.8. The molecule has 0 aliphatic carbocycles. The maximum Gasteiger partial charge on any atom is 0.270 e. The number of halogens is 1. The van der Waals surface area contributed by atoms with Crippen LogP contribution < -0.4 is 4.85 Å². The number of fused-ring (bicyclic) bond motifs is 1. The van der Waals surface area contributed by atoms with E-state index in [1.54, 1.807) is 0 Å². The van der Waals surface area contributed by atoms with Gasteiger partial charge in [0.1, 0.15) is 11.3 Å². The minimum absolute atomic E-state index is 0.281. The largest absolute Gasteiger partial charge is 0.594 e. The van der Waals surface area contributed by atoms with E-state index >= 15 is 0 Å². The summed E-state index contributed by atoms with van der Waals surface area (Å²) in [5.41, 5.74) is 0.621. The van der Waals surface area contributed by atoms with Crippen molar-refractivity contribution in [3.63, 3.8) is 0 Å². The molecule has 0 bridgehead atoms. The van der Waals surface area contributed by atoms with E-state index < -0.39 is 5.82 Å². The Bertz CT molecular complexity index is 487. The molecular formula is C9H8FN3O. The molecule has 14 heavy (non-hydrogen) atoms. The molecule has 0 aliphatic rings. The SMILES string of the molecule is CCc1nc2cc(F)ccc2[n+]([O-])n1. The fraction of sp³-hybridized carbons (Fsp3) is 0.222. The number of hydrogen-bond acceptors (Lipinski definition) is 3. The molecule has 5 heteroatoms.